The molecule has 2 rings (SSSR count). The van der Waals surface area contributed by atoms with E-state index in [9.17, 15) is 0 Å². The van der Waals surface area contributed by atoms with E-state index in [-0.39, 0.29) is 0 Å². The van der Waals surface area contributed by atoms with Crippen LogP contribution in [0.25, 0.3) is 0 Å². The first kappa shape index (κ1) is 12.6. The number of nitrogens with zero attached hydrogens (tertiary/aromatic N) is 2. The molecule has 1 aromatic heterocycles. The Bertz CT molecular complexity index is 523. The van der Waals surface area contributed by atoms with Crippen molar-refractivity contribution in [1.82, 2.24) is 4.98 Å². The molecule has 0 amide bonds. The van der Waals surface area contributed by atoms with Crippen LogP contribution in [0.1, 0.15) is 18.1 Å². The van der Waals surface area contributed by atoms with Crippen LogP contribution in [0.4, 0.5) is 11.4 Å². The monoisotopic (exact) mass is 241 g/mol. The molecule has 0 spiro atoms. The van der Waals surface area contributed by atoms with Gasteiger partial charge in [0.05, 0.1) is 11.9 Å². The van der Waals surface area contributed by atoms with Crippen molar-refractivity contribution >= 4 is 11.4 Å². The van der Waals surface area contributed by atoms with E-state index in [2.05, 4.69) is 48.0 Å². The van der Waals surface area contributed by atoms with Gasteiger partial charge in [-0.15, -0.1) is 0 Å². The number of rotatable bonds is 4. The summed E-state index contributed by atoms with van der Waals surface area (Å²) >= 11 is 0. The van der Waals surface area contributed by atoms with E-state index in [1.807, 2.05) is 12.3 Å². The van der Waals surface area contributed by atoms with Gasteiger partial charge in [-0.25, -0.2) is 0 Å². The SMILES string of the molecule is CCN(c1cccc(C)c1)c1cnccc1CN. The van der Waals surface area contributed by atoms with Crippen molar-refractivity contribution in [3.05, 3.63) is 53.9 Å². The van der Waals surface area contributed by atoms with Gasteiger partial charge < -0.3 is 10.6 Å². The molecule has 2 N–H and O–H groups in total. The van der Waals surface area contributed by atoms with Crippen molar-refractivity contribution in [3.63, 3.8) is 0 Å². The van der Waals surface area contributed by atoms with Crippen molar-refractivity contribution in [2.75, 3.05) is 11.4 Å². The lowest BCUT2D eigenvalue weighted by molar-refractivity contribution is 0.971. The van der Waals surface area contributed by atoms with Gasteiger partial charge in [-0.2, -0.15) is 0 Å². The molecule has 0 bridgehead atoms. The smallest absolute Gasteiger partial charge is 0.0642 e. The molecular weight excluding hydrogens is 222 g/mol. The third kappa shape index (κ3) is 2.51. The van der Waals surface area contributed by atoms with Gasteiger partial charge >= 0.3 is 0 Å². The highest BCUT2D eigenvalue weighted by atomic mass is 15.1. The predicted octanol–water partition coefficient (Wildman–Crippen LogP) is 3.01. The van der Waals surface area contributed by atoms with Crippen molar-refractivity contribution in [3.8, 4) is 0 Å². The first-order valence-electron chi connectivity index (χ1n) is 6.23. The molecule has 0 saturated carbocycles. The zero-order chi connectivity index (χ0) is 13.0. The molecule has 0 fully saturated rings. The Hall–Kier alpha value is -1.87. The lowest BCUT2D eigenvalue weighted by atomic mass is 10.1. The highest BCUT2D eigenvalue weighted by molar-refractivity contribution is 5.66. The lowest BCUT2D eigenvalue weighted by Crippen LogP contribution is -2.19. The van der Waals surface area contributed by atoms with Gasteiger partial charge in [0.1, 0.15) is 0 Å². The molecule has 0 atom stereocenters. The summed E-state index contributed by atoms with van der Waals surface area (Å²) in [7, 11) is 0. The van der Waals surface area contributed by atoms with Gasteiger partial charge in [0.15, 0.2) is 0 Å². The molecule has 3 heteroatoms. The summed E-state index contributed by atoms with van der Waals surface area (Å²) < 4.78 is 0. The number of benzene rings is 1. The zero-order valence-corrected chi connectivity index (χ0v) is 10.9. The van der Waals surface area contributed by atoms with Crippen molar-refractivity contribution in [2.24, 2.45) is 5.73 Å². The Kier molecular flexibility index (Phi) is 3.95. The fourth-order valence-electron chi connectivity index (χ4n) is 2.12. The van der Waals surface area contributed by atoms with Crippen molar-refractivity contribution in [2.45, 2.75) is 20.4 Å². The average molecular weight is 241 g/mol. The summed E-state index contributed by atoms with van der Waals surface area (Å²) in [6.45, 7) is 5.66. The zero-order valence-electron chi connectivity index (χ0n) is 10.9. The summed E-state index contributed by atoms with van der Waals surface area (Å²) in [4.78, 5) is 6.45. The molecular formula is C15H19N3. The lowest BCUT2D eigenvalue weighted by Gasteiger charge is -2.25. The third-order valence-corrected chi connectivity index (χ3v) is 3.03. The standard InChI is InChI=1S/C15H19N3/c1-3-18(14-6-4-5-12(2)9-14)15-11-17-8-7-13(15)10-16/h4-9,11H,3,10,16H2,1-2H3. The van der Waals surface area contributed by atoms with Gasteiger partial charge in [0, 0.05) is 25.0 Å². The van der Waals surface area contributed by atoms with E-state index in [0.29, 0.717) is 6.54 Å². The van der Waals surface area contributed by atoms with E-state index < -0.39 is 0 Å². The summed E-state index contributed by atoms with van der Waals surface area (Å²) in [5.41, 5.74) is 10.4. The minimum absolute atomic E-state index is 0.528. The van der Waals surface area contributed by atoms with Crippen LogP contribution in [0, 0.1) is 6.92 Å². The number of anilines is 2. The number of nitrogens with two attached hydrogens (primary N) is 1. The van der Waals surface area contributed by atoms with Crippen LogP contribution in [0.5, 0.6) is 0 Å². The molecule has 0 aliphatic heterocycles. The van der Waals surface area contributed by atoms with Gasteiger partial charge in [0.2, 0.25) is 0 Å². The quantitative estimate of drug-likeness (QED) is 0.894. The van der Waals surface area contributed by atoms with Crippen LogP contribution in [0.3, 0.4) is 0 Å². The maximum atomic E-state index is 5.80. The Morgan fingerprint density at radius 2 is 2.11 bits per heavy atom. The molecule has 0 radical (unpaired) electrons. The topological polar surface area (TPSA) is 42.2 Å². The highest BCUT2D eigenvalue weighted by Crippen LogP contribution is 2.27. The molecule has 0 aliphatic carbocycles. The van der Waals surface area contributed by atoms with Crippen LogP contribution >= 0.6 is 0 Å². The van der Waals surface area contributed by atoms with Crippen LogP contribution < -0.4 is 10.6 Å². The van der Waals surface area contributed by atoms with Crippen LogP contribution in [0.15, 0.2) is 42.7 Å². The molecule has 1 heterocycles. The van der Waals surface area contributed by atoms with E-state index >= 15 is 0 Å². The molecule has 0 unspecified atom stereocenters. The van der Waals surface area contributed by atoms with Crippen LogP contribution in [0.2, 0.25) is 0 Å². The van der Waals surface area contributed by atoms with Gasteiger partial charge in [0.25, 0.3) is 0 Å². The number of hydrogen-bond donors (Lipinski definition) is 1. The second kappa shape index (κ2) is 5.65. The van der Waals surface area contributed by atoms with Crippen molar-refractivity contribution < 1.29 is 0 Å². The van der Waals surface area contributed by atoms with E-state index in [4.69, 9.17) is 5.73 Å². The second-order valence-corrected chi connectivity index (χ2v) is 4.29. The first-order chi connectivity index (χ1) is 8.76. The van der Waals surface area contributed by atoms with Crippen LogP contribution in [-0.2, 0) is 6.54 Å². The van der Waals surface area contributed by atoms with Crippen LogP contribution in [-0.4, -0.2) is 11.5 Å². The second-order valence-electron chi connectivity index (χ2n) is 4.29. The van der Waals surface area contributed by atoms with E-state index in [0.717, 1.165) is 17.8 Å². The minimum atomic E-state index is 0.528. The summed E-state index contributed by atoms with van der Waals surface area (Å²) in [6.07, 6.45) is 3.67. The fourth-order valence-corrected chi connectivity index (χ4v) is 2.12. The predicted molar refractivity (Wildman–Crippen MR) is 76.0 cm³/mol. The molecule has 0 aliphatic rings. The average Bonchev–Trinajstić information content (AvgIpc) is 2.40. The van der Waals surface area contributed by atoms with E-state index in [1.54, 1.807) is 6.20 Å². The third-order valence-electron chi connectivity index (χ3n) is 3.03. The Balaban J connectivity index is 2.45. The first-order valence-corrected chi connectivity index (χ1v) is 6.23. The summed E-state index contributed by atoms with van der Waals surface area (Å²) in [6, 6.07) is 10.4. The maximum Gasteiger partial charge on any atom is 0.0642 e. The van der Waals surface area contributed by atoms with Gasteiger partial charge in [-0.3, -0.25) is 4.98 Å². The largest absolute Gasteiger partial charge is 0.340 e. The number of aryl methyl sites for hydroxylation is 1. The number of hydrogen-bond acceptors (Lipinski definition) is 3. The Labute approximate surface area is 108 Å². The molecule has 0 saturated heterocycles. The van der Waals surface area contributed by atoms with E-state index in [1.165, 1.54) is 11.3 Å². The number of pyridine rings is 1. The molecule has 94 valence electrons. The molecule has 1 aromatic carbocycles. The molecule has 2 aromatic rings. The Morgan fingerprint density at radius 3 is 2.78 bits per heavy atom. The van der Waals surface area contributed by atoms with Crippen molar-refractivity contribution in [1.29, 1.82) is 0 Å². The van der Waals surface area contributed by atoms with Gasteiger partial charge in [-0.05, 0) is 43.2 Å². The Morgan fingerprint density at radius 1 is 1.28 bits per heavy atom. The molecule has 18 heavy (non-hydrogen) atoms. The summed E-state index contributed by atoms with van der Waals surface area (Å²) in [5, 5.41) is 0. The normalized spacial score (nSPS) is 10.4. The fraction of sp³-hybridized carbons (Fsp3) is 0.267. The minimum Gasteiger partial charge on any atom is -0.340 e. The van der Waals surface area contributed by atoms with Gasteiger partial charge in [-0.1, -0.05) is 12.1 Å². The molecule has 3 nitrogen and oxygen atoms in total. The number of aromatic nitrogens is 1. The highest BCUT2D eigenvalue weighted by Gasteiger charge is 2.11. The maximum absolute atomic E-state index is 5.80. The summed E-state index contributed by atoms with van der Waals surface area (Å²) in [5.74, 6) is 0.